The third-order valence-electron chi connectivity index (χ3n) is 2.61. The zero-order valence-electron chi connectivity index (χ0n) is 9.42. The molecule has 7 nitrogen and oxygen atoms in total. The van der Waals surface area contributed by atoms with E-state index in [-0.39, 0.29) is 19.0 Å². The highest BCUT2D eigenvalue weighted by Crippen LogP contribution is 2.07. The second-order valence-electron chi connectivity index (χ2n) is 3.65. The van der Waals surface area contributed by atoms with Crippen LogP contribution in [-0.2, 0) is 19.7 Å². The average molecular weight is 251 g/mol. The van der Waals surface area contributed by atoms with Gasteiger partial charge in [-0.25, -0.2) is 5.14 Å². The monoisotopic (exact) mass is 251 g/mol. The van der Waals surface area contributed by atoms with Gasteiger partial charge in [-0.15, -0.1) is 0 Å². The van der Waals surface area contributed by atoms with Gasteiger partial charge in [-0.1, -0.05) is 0 Å². The summed E-state index contributed by atoms with van der Waals surface area (Å²) in [6.45, 7) is 2.84. The summed E-state index contributed by atoms with van der Waals surface area (Å²) < 4.78 is 28.1. The molecule has 1 aliphatic heterocycles. The Kier molecular flexibility index (Phi) is 4.25. The summed E-state index contributed by atoms with van der Waals surface area (Å²) in [5.41, 5.74) is 0. The van der Waals surface area contributed by atoms with Gasteiger partial charge in [-0.2, -0.15) is 12.7 Å². The van der Waals surface area contributed by atoms with E-state index < -0.39 is 16.3 Å². The lowest BCUT2D eigenvalue weighted by Gasteiger charge is -2.34. The number of hydrogen-bond donors (Lipinski definition) is 1. The summed E-state index contributed by atoms with van der Waals surface area (Å²) >= 11 is 0. The van der Waals surface area contributed by atoms with Crippen LogP contribution in [0.4, 0.5) is 0 Å². The molecule has 0 saturated carbocycles. The van der Waals surface area contributed by atoms with Crippen molar-refractivity contribution < 1.29 is 17.9 Å². The fourth-order valence-electron chi connectivity index (χ4n) is 1.52. The molecule has 1 rings (SSSR count). The van der Waals surface area contributed by atoms with Crippen molar-refractivity contribution >= 4 is 16.1 Å². The Labute approximate surface area is 95.3 Å². The lowest BCUT2D eigenvalue weighted by molar-refractivity contribution is -0.142. The molecule has 94 valence electrons. The van der Waals surface area contributed by atoms with E-state index in [1.165, 1.54) is 7.11 Å². The van der Waals surface area contributed by atoms with Crippen LogP contribution < -0.4 is 5.14 Å². The number of methoxy groups -OCH3 is 1. The maximum Gasteiger partial charge on any atom is 0.277 e. The number of carbonyl (C=O) groups excluding carboxylic acids is 1. The summed E-state index contributed by atoms with van der Waals surface area (Å²) in [5.74, 6) is -0.128. The number of hydrogen-bond acceptors (Lipinski definition) is 4. The van der Waals surface area contributed by atoms with Crippen molar-refractivity contribution in [2.45, 2.75) is 13.0 Å². The smallest absolute Gasteiger partial charge is 0.277 e. The first-order valence-electron chi connectivity index (χ1n) is 4.95. The van der Waals surface area contributed by atoms with Crippen molar-refractivity contribution in [1.82, 2.24) is 9.21 Å². The van der Waals surface area contributed by atoms with Gasteiger partial charge in [0.25, 0.3) is 16.1 Å². The molecule has 1 amide bonds. The van der Waals surface area contributed by atoms with E-state index in [1.54, 1.807) is 11.8 Å². The van der Waals surface area contributed by atoms with Crippen molar-refractivity contribution in [3.8, 4) is 0 Å². The Hall–Kier alpha value is -0.700. The van der Waals surface area contributed by atoms with Crippen LogP contribution in [-0.4, -0.2) is 62.9 Å². The fourth-order valence-corrected chi connectivity index (χ4v) is 2.19. The highest BCUT2D eigenvalue weighted by atomic mass is 32.2. The standard InChI is InChI=1S/C8H17N3O4S/c1-7(15-2)8(12)10-3-5-11(6-4-10)16(9,13)14/h7H,3-6H2,1-2H3,(H2,9,13,14). The third-order valence-corrected chi connectivity index (χ3v) is 3.70. The molecule has 1 aliphatic rings. The second-order valence-corrected chi connectivity index (χ2v) is 5.19. The van der Waals surface area contributed by atoms with Gasteiger partial charge in [0, 0.05) is 33.3 Å². The van der Waals surface area contributed by atoms with Crippen LogP contribution in [0.1, 0.15) is 6.92 Å². The van der Waals surface area contributed by atoms with Crippen molar-refractivity contribution in [2.24, 2.45) is 5.14 Å². The van der Waals surface area contributed by atoms with Crippen LogP contribution in [0.3, 0.4) is 0 Å². The van der Waals surface area contributed by atoms with Gasteiger partial charge in [0.15, 0.2) is 0 Å². The third kappa shape index (κ3) is 3.14. The SMILES string of the molecule is COC(C)C(=O)N1CCN(S(N)(=O)=O)CC1. The molecule has 1 fully saturated rings. The maximum atomic E-state index is 11.7. The molecule has 1 saturated heterocycles. The lowest BCUT2D eigenvalue weighted by Crippen LogP contribution is -2.54. The highest BCUT2D eigenvalue weighted by molar-refractivity contribution is 7.86. The molecule has 0 aromatic rings. The largest absolute Gasteiger partial charge is 0.372 e. The van der Waals surface area contributed by atoms with E-state index in [1.807, 2.05) is 0 Å². The van der Waals surface area contributed by atoms with Crippen molar-refractivity contribution in [3.63, 3.8) is 0 Å². The molecule has 8 heteroatoms. The molecule has 1 atom stereocenters. The normalized spacial score (nSPS) is 20.8. The van der Waals surface area contributed by atoms with Gasteiger partial charge in [0.1, 0.15) is 6.10 Å². The molecule has 1 heterocycles. The maximum absolute atomic E-state index is 11.7. The Balaban J connectivity index is 2.53. The van der Waals surface area contributed by atoms with Crippen LogP contribution in [0, 0.1) is 0 Å². The zero-order chi connectivity index (χ0) is 12.3. The molecule has 2 N–H and O–H groups in total. The van der Waals surface area contributed by atoms with Gasteiger partial charge in [-0.05, 0) is 6.92 Å². The Bertz CT molecular complexity index is 348. The predicted octanol–water partition coefficient (Wildman–Crippen LogP) is -1.63. The molecule has 0 radical (unpaired) electrons. The Morgan fingerprint density at radius 3 is 2.19 bits per heavy atom. The van der Waals surface area contributed by atoms with Crippen LogP contribution in [0.5, 0.6) is 0 Å². The Morgan fingerprint density at radius 1 is 1.31 bits per heavy atom. The number of amides is 1. The number of ether oxygens (including phenoxy) is 1. The van der Waals surface area contributed by atoms with E-state index >= 15 is 0 Å². The minimum absolute atomic E-state index is 0.128. The zero-order valence-corrected chi connectivity index (χ0v) is 10.2. The molecular formula is C8H17N3O4S. The Morgan fingerprint density at radius 2 is 1.81 bits per heavy atom. The summed E-state index contributed by atoms with van der Waals surface area (Å²) in [7, 11) is -2.18. The van der Waals surface area contributed by atoms with E-state index in [0.717, 1.165) is 4.31 Å². The predicted molar refractivity (Wildman–Crippen MR) is 57.7 cm³/mol. The van der Waals surface area contributed by atoms with Crippen molar-refractivity contribution in [2.75, 3.05) is 33.3 Å². The number of piperazine rings is 1. The number of nitrogens with zero attached hydrogens (tertiary/aromatic N) is 2. The topological polar surface area (TPSA) is 92.9 Å². The molecule has 1 unspecified atom stereocenters. The first kappa shape index (κ1) is 13.4. The van der Waals surface area contributed by atoms with Gasteiger partial charge >= 0.3 is 0 Å². The van der Waals surface area contributed by atoms with Gasteiger partial charge in [0.05, 0.1) is 0 Å². The molecular weight excluding hydrogens is 234 g/mol. The number of carbonyl (C=O) groups is 1. The fraction of sp³-hybridized carbons (Fsp3) is 0.875. The van der Waals surface area contributed by atoms with E-state index in [4.69, 9.17) is 9.88 Å². The average Bonchev–Trinajstić information content (AvgIpc) is 2.26. The van der Waals surface area contributed by atoms with Crippen LogP contribution in [0.15, 0.2) is 0 Å². The van der Waals surface area contributed by atoms with Crippen LogP contribution in [0.25, 0.3) is 0 Å². The first-order valence-corrected chi connectivity index (χ1v) is 6.46. The lowest BCUT2D eigenvalue weighted by atomic mass is 10.3. The summed E-state index contributed by atoms with van der Waals surface area (Å²) in [4.78, 5) is 13.3. The van der Waals surface area contributed by atoms with Crippen LogP contribution in [0.2, 0.25) is 0 Å². The van der Waals surface area contributed by atoms with E-state index in [0.29, 0.717) is 13.1 Å². The van der Waals surface area contributed by atoms with Crippen LogP contribution >= 0.6 is 0 Å². The molecule has 0 aromatic heterocycles. The van der Waals surface area contributed by atoms with Crippen molar-refractivity contribution in [1.29, 1.82) is 0 Å². The molecule has 16 heavy (non-hydrogen) atoms. The minimum Gasteiger partial charge on any atom is -0.372 e. The molecule has 0 aromatic carbocycles. The van der Waals surface area contributed by atoms with E-state index in [9.17, 15) is 13.2 Å². The highest BCUT2D eigenvalue weighted by Gasteiger charge is 2.28. The van der Waals surface area contributed by atoms with E-state index in [2.05, 4.69) is 0 Å². The quantitative estimate of drug-likeness (QED) is 0.651. The van der Waals surface area contributed by atoms with Gasteiger partial charge in [0.2, 0.25) is 0 Å². The molecule has 0 spiro atoms. The summed E-state index contributed by atoms with van der Waals surface area (Å²) in [6, 6.07) is 0. The summed E-state index contributed by atoms with van der Waals surface area (Å²) in [5, 5.41) is 4.99. The number of nitrogens with two attached hydrogens (primary N) is 1. The first-order chi connectivity index (χ1) is 7.36. The second kappa shape index (κ2) is 5.09. The van der Waals surface area contributed by atoms with Gasteiger partial charge < -0.3 is 9.64 Å². The van der Waals surface area contributed by atoms with Gasteiger partial charge in [-0.3, -0.25) is 4.79 Å². The molecule has 0 aliphatic carbocycles. The molecule has 0 bridgehead atoms. The minimum atomic E-state index is -3.64. The number of rotatable bonds is 3. The van der Waals surface area contributed by atoms with Crippen molar-refractivity contribution in [3.05, 3.63) is 0 Å². The summed E-state index contributed by atoms with van der Waals surface area (Å²) in [6.07, 6.45) is -0.499.